The summed E-state index contributed by atoms with van der Waals surface area (Å²) in [5.41, 5.74) is 0.416. The second-order valence-corrected chi connectivity index (χ2v) is 10.8. The average molecular weight is 479 g/mol. The van der Waals surface area contributed by atoms with Crippen LogP contribution in [0.5, 0.6) is 0 Å². The van der Waals surface area contributed by atoms with Crippen molar-refractivity contribution in [1.82, 2.24) is 14.5 Å². The van der Waals surface area contributed by atoms with E-state index in [1.165, 1.54) is 21.3 Å². The number of sulfonamides is 1. The van der Waals surface area contributed by atoms with Gasteiger partial charge in [0.05, 0.1) is 18.1 Å². The van der Waals surface area contributed by atoms with Gasteiger partial charge >= 0.3 is 6.03 Å². The first-order valence-electron chi connectivity index (χ1n) is 11.4. The Balaban J connectivity index is 1.34. The van der Waals surface area contributed by atoms with Gasteiger partial charge in [-0.05, 0) is 43.9 Å². The van der Waals surface area contributed by atoms with Gasteiger partial charge in [0.25, 0.3) is 5.91 Å². The highest BCUT2D eigenvalue weighted by atomic mass is 32.2. The van der Waals surface area contributed by atoms with Gasteiger partial charge in [-0.1, -0.05) is 18.9 Å². The predicted molar refractivity (Wildman–Crippen MR) is 120 cm³/mol. The molecule has 33 heavy (non-hydrogen) atoms. The standard InChI is InChI=1S/C22H30N4O6S/c1-16-6-7-17(33(30,31)25-11-13-32-14-12-25)15-18(16)23-19(27)5-4-10-26-20(28)22(24-21(26)29)8-2-3-9-22/h6-7,15H,2-5,8-14H2,1H3,(H,23,27)(H,24,29). The lowest BCUT2D eigenvalue weighted by Gasteiger charge is -2.26. The second kappa shape index (κ2) is 9.40. The van der Waals surface area contributed by atoms with Gasteiger partial charge < -0.3 is 15.4 Å². The number of aryl methyl sites for hydroxylation is 1. The van der Waals surface area contributed by atoms with Crippen molar-refractivity contribution < 1.29 is 27.5 Å². The van der Waals surface area contributed by atoms with Gasteiger partial charge in [-0.15, -0.1) is 0 Å². The largest absolute Gasteiger partial charge is 0.379 e. The number of hydrogen-bond donors (Lipinski definition) is 2. The van der Waals surface area contributed by atoms with E-state index in [4.69, 9.17) is 4.74 Å². The molecule has 1 saturated carbocycles. The first-order valence-corrected chi connectivity index (χ1v) is 12.8. The van der Waals surface area contributed by atoms with Crippen molar-refractivity contribution in [1.29, 1.82) is 0 Å². The van der Waals surface area contributed by atoms with Gasteiger partial charge in [0.15, 0.2) is 0 Å². The van der Waals surface area contributed by atoms with Crippen molar-refractivity contribution in [3.63, 3.8) is 0 Å². The summed E-state index contributed by atoms with van der Waals surface area (Å²) in [7, 11) is -3.68. The second-order valence-electron chi connectivity index (χ2n) is 8.82. The van der Waals surface area contributed by atoms with Crippen LogP contribution in [0, 0.1) is 6.92 Å². The highest BCUT2D eigenvalue weighted by Crippen LogP contribution is 2.35. The van der Waals surface area contributed by atoms with Crippen LogP contribution in [0.2, 0.25) is 0 Å². The lowest BCUT2D eigenvalue weighted by molar-refractivity contribution is -0.131. The van der Waals surface area contributed by atoms with Gasteiger partial charge in [-0.2, -0.15) is 4.31 Å². The van der Waals surface area contributed by atoms with Crippen LogP contribution in [0.4, 0.5) is 10.5 Å². The lowest BCUT2D eigenvalue weighted by atomic mass is 9.98. The third-order valence-electron chi connectivity index (χ3n) is 6.58. The van der Waals surface area contributed by atoms with E-state index in [-0.39, 0.29) is 35.7 Å². The van der Waals surface area contributed by atoms with Gasteiger partial charge in [0, 0.05) is 31.7 Å². The number of hydrogen-bond acceptors (Lipinski definition) is 6. The highest BCUT2D eigenvalue weighted by Gasteiger charge is 2.52. The number of amides is 4. The molecule has 180 valence electrons. The normalized spacial score (nSPS) is 20.9. The van der Waals surface area contributed by atoms with E-state index >= 15 is 0 Å². The van der Waals surface area contributed by atoms with E-state index in [2.05, 4.69) is 10.6 Å². The maximum atomic E-state index is 12.9. The molecular weight excluding hydrogens is 448 g/mol. The summed E-state index contributed by atoms with van der Waals surface area (Å²) in [6.45, 7) is 3.25. The van der Waals surface area contributed by atoms with Crippen LogP contribution < -0.4 is 10.6 Å². The monoisotopic (exact) mass is 478 g/mol. The number of carbonyl (C=O) groups is 3. The minimum absolute atomic E-state index is 0.101. The molecule has 2 aliphatic heterocycles. The quantitative estimate of drug-likeness (QED) is 0.574. The fourth-order valence-electron chi connectivity index (χ4n) is 4.64. The van der Waals surface area contributed by atoms with Crippen LogP contribution in [0.1, 0.15) is 44.1 Å². The maximum Gasteiger partial charge on any atom is 0.325 e. The highest BCUT2D eigenvalue weighted by molar-refractivity contribution is 7.89. The molecule has 1 aliphatic carbocycles. The Hall–Kier alpha value is -2.50. The summed E-state index contributed by atoms with van der Waals surface area (Å²) in [6.07, 6.45) is 3.59. The molecule has 0 bridgehead atoms. The number of carbonyl (C=O) groups excluding carboxylic acids is 3. The number of anilines is 1. The summed E-state index contributed by atoms with van der Waals surface area (Å²) in [4.78, 5) is 38.8. The molecule has 4 rings (SSSR count). The summed E-state index contributed by atoms with van der Waals surface area (Å²) in [6, 6.07) is 4.28. The first kappa shape index (κ1) is 23.7. The minimum atomic E-state index is -3.68. The van der Waals surface area contributed by atoms with E-state index < -0.39 is 15.6 Å². The molecule has 0 aromatic heterocycles. The average Bonchev–Trinajstić information content (AvgIpc) is 3.36. The van der Waals surface area contributed by atoms with Crippen molar-refractivity contribution in [3.8, 4) is 0 Å². The number of nitrogens with zero attached hydrogens (tertiary/aromatic N) is 2. The molecule has 2 heterocycles. The Kier molecular flexibility index (Phi) is 6.73. The number of rotatable bonds is 7. The molecule has 3 aliphatic rings. The number of benzene rings is 1. The molecule has 4 amide bonds. The number of imide groups is 1. The van der Waals surface area contributed by atoms with Crippen molar-refractivity contribution in [2.24, 2.45) is 0 Å². The molecule has 0 unspecified atom stereocenters. The zero-order chi connectivity index (χ0) is 23.6. The third kappa shape index (κ3) is 4.75. The van der Waals surface area contributed by atoms with Crippen molar-refractivity contribution >= 4 is 33.6 Å². The van der Waals surface area contributed by atoms with Crippen molar-refractivity contribution in [2.45, 2.75) is 55.9 Å². The number of ether oxygens (including phenoxy) is 1. The van der Waals surface area contributed by atoms with E-state index in [0.717, 1.165) is 18.4 Å². The number of morpholine rings is 1. The molecule has 3 fully saturated rings. The van der Waals surface area contributed by atoms with E-state index in [0.29, 0.717) is 51.3 Å². The van der Waals surface area contributed by atoms with Crippen LogP contribution >= 0.6 is 0 Å². The van der Waals surface area contributed by atoms with E-state index in [1.54, 1.807) is 13.0 Å². The van der Waals surface area contributed by atoms with Gasteiger partial charge in [-0.25, -0.2) is 13.2 Å². The molecule has 1 aromatic carbocycles. The van der Waals surface area contributed by atoms with Crippen LogP contribution in [0.25, 0.3) is 0 Å². The molecule has 10 nitrogen and oxygen atoms in total. The van der Waals surface area contributed by atoms with E-state index in [1.807, 2.05) is 0 Å². The van der Waals surface area contributed by atoms with Crippen LogP contribution in [-0.2, 0) is 24.3 Å². The Labute approximate surface area is 193 Å². The molecular formula is C22H30N4O6S. The minimum Gasteiger partial charge on any atom is -0.379 e. The fourth-order valence-corrected chi connectivity index (χ4v) is 6.07. The first-order chi connectivity index (χ1) is 15.7. The molecule has 1 aromatic rings. The lowest BCUT2D eigenvalue weighted by Crippen LogP contribution is -2.44. The number of nitrogens with one attached hydrogen (secondary N) is 2. The van der Waals surface area contributed by atoms with Gasteiger partial charge in [0.1, 0.15) is 5.54 Å². The number of urea groups is 1. The van der Waals surface area contributed by atoms with Crippen molar-refractivity contribution in [2.75, 3.05) is 38.2 Å². The molecule has 1 spiro atoms. The zero-order valence-corrected chi connectivity index (χ0v) is 19.6. The van der Waals surface area contributed by atoms with Gasteiger partial charge in [-0.3, -0.25) is 14.5 Å². The topological polar surface area (TPSA) is 125 Å². The van der Waals surface area contributed by atoms with E-state index in [9.17, 15) is 22.8 Å². The van der Waals surface area contributed by atoms with Gasteiger partial charge in [0.2, 0.25) is 15.9 Å². The Morgan fingerprint density at radius 1 is 1.18 bits per heavy atom. The third-order valence-corrected chi connectivity index (χ3v) is 8.47. The smallest absolute Gasteiger partial charge is 0.325 e. The maximum absolute atomic E-state index is 12.9. The Bertz CT molecular complexity index is 1040. The molecule has 0 atom stereocenters. The molecule has 2 saturated heterocycles. The Morgan fingerprint density at radius 3 is 2.58 bits per heavy atom. The van der Waals surface area contributed by atoms with Crippen molar-refractivity contribution in [3.05, 3.63) is 23.8 Å². The predicted octanol–water partition coefficient (Wildman–Crippen LogP) is 1.60. The molecule has 11 heteroatoms. The fraction of sp³-hybridized carbons (Fsp3) is 0.591. The summed E-state index contributed by atoms with van der Waals surface area (Å²) < 4.78 is 32.4. The zero-order valence-electron chi connectivity index (χ0n) is 18.8. The van der Waals surface area contributed by atoms with Crippen LogP contribution in [0.15, 0.2) is 23.1 Å². The summed E-state index contributed by atoms with van der Waals surface area (Å²) in [5, 5.41) is 5.60. The molecule has 0 radical (unpaired) electrons. The molecule has 2 N–H and O–H groups in total. The Morgan fingerprint density at radius 2 is 1.88 bits per heavy atom. The summed E-state index contributed by atoms with van der Waals surface area (Å²) in [5.74, 6) is -0.496. The van der Waals surface area contributed by atoms with Crippen LogP contribution in [-0.4, -0.2) is 73.9 Å². The van der Waals surface area contributed by atoms with Crippen LogP contribution in [0.3, 0.4) is 0 Å². The summed E-state index contributed by atoms with van der Waals surface area (Å²) >= 11 is 0. The SMILES string of the molecule is Cc1ccc(S(=O)(=O)N2CCOCC2)cc1NC(=O)CCCN1C(=O)NC2(CCCC2)C1=O.